The number of hydrogen-bond acceptors (Lipinski definition) is 5. The van der Waals surface area contributed by atoms with Crippen molar-refractivity contribution in [2.75, 3.05) is 0 Å². The Bertz CT molecular complexity index is 313. The second-order valence-corrected chi connectivity index (χ2v) is 3.09. The number of carbonyl (C=O) groups excluding carboxylic acids is 2. The second-order valence-electron chi connectivity index (χ2n) is 2.08. The molecule has 7 nitrogen and oxygen atoms in total. The third-order valence-corrected chi connectivity index (χ3v) is 1.51. The maximum Gasteiger partial charge on any atom is 1.00 e. The van der Waals surface area contributed by atoms with Crippen LogP contribution in [0.3, 0.4) is 0 Å². The van der Waals surface area contributed by atoms with Crippen molar-refractivity contribution < 1.29 is 57.8 Å². The van der Waals surface area contributed by atoms with E-state index >= 15 is 0 Å². The summed E-state index contributed by atoms with van der Waals surface area (Å²) in [5.74, 6) is -1.56. The van der Waals surface area contributed by atoms with Crippen molar-refractivity contribution >= 4 is 22.2 Å². The summed E-state index contributed by atoms with van der Waals surface area (Å²) in [5.41, 5.74) is 0. The molecule has 0 bridgehead atoms. The molecule has 1 saturated heterocycles. The molecule has 0 aromatic carbocycles. The summed E-state index contributed by atoms with van der Waals surface area (Å²) in [7, 11) is -4.79. The van der Waals surface area contributed by atoms with E-state index in [0.717, 1.165) is 0 Å². The molecule has 0 aromatic heterocycles. The van der Waals surface area contributed by atoms with Gasteiger partial charge in [0.2, 0.25) is 0 Å². The van der Waals surface area contributed by atoms with Crippen molar-refractivity contribution in [3.05, 3.63) is 0 Å². The summed E-state index contributed by atoms with van der Waals surface area (Å²) >= 11 is 0. The minimum atomic E-state index is -4.79. The molecule has 9 heteroatoms. The first-order chi connectivity index (χ1) is 5.40. The fraction of sp³-hybridized carbons (Fsp3) is 0.500. The van der Waals surface area contributed by atoms with Gasteiger partial charge in [-0.3, -0.25) is 14.1 Å². The molecule has 1 rings (SSSR count). The molecule has 0 atom stereocenters. The van der Waals surface area contributed by atoms with Gasteiger partial charge in [-0.15, -0.1) is 9.35 Å². The van der Waals surface area contributed by atoms with E-state index in [0.29, 0.717) is 0 Å². The number of hydrogen-bond donors (Lipinski definition) is 1. The molecular weight excluding hydrogens is 213 g/mol. The summed E-state index contributed by atoms with van der Waals surface area (Å²) in [5, 5.41) is 0.0370. The van der Waals surface area contributed by atoms with Crippen LogP contribution in [-0.2, 0) is 24.3 Å². The minimum Gasteiger partial charge on any atom is -1.00 e. The van der Waals surface area contributed by atoms with Crippen LogP contribution in [0.5, 0.6) is 0 Å². The maximum atomic E-state index is 10.7. The molecule has 1 aliphatic heterocycles. The molecule has 0 saturated carbocycles. The van der Waals surface area contributed by atoms with Gasteiger partial charge >= 0.3 is 40.0 Å². The number of amides is 2. The summed E-state index contributed by atoms with van der Waals surface area (Å²) in [6, 6.07) is 0. The predicted molar refractivity (Wildman–Crippen MR) is 34.8 cm³/mol. The van der Waals surface area contributed by atoms with Gasteiger partial charge in [0, 0.05) is 12.8 Å². The number of rotatable bonds is 2. The van der Waals surface area contributed by atoms with E-state index in [1.54, 1.807) is 0 Å². The predicted octanol–water partition coefficient (Wildman–Crippen LogP) is -4.01. The Kier molecular flexibility index (Phi) is 4.49. The Morgan fingerprint density at radius 3 is 2.00 bits per heavy atom. The van der Waals surface area contributed by atoms with Crippen molar-refractivity contribution in [1.82, 2.24) is 5.06 Å². The van der Waals surface area contributed by atoms with Gasteiger partial charge in [-0.2, -0.15) is 8.42 Å². The number of imide groups is 1. The molecule has 0 aliphatic carbocycles. The third-order valence-electron chi connectivity index (χ3n) is 1.17. The summed E-state index contributed by atoms with van der Waals surface area (Å²) in [6.45, 7) is 0. The Labute approximate surface area is 97.7 Å². The zero-order chi connectivity index (χ0) is 9.35. The average molecular weight is 219 g/mol. The molecule has 0 radical (unpaired) electrons. The van der Waals surface area contributed by atoms with Gasteiger partial charge in [0.15, 0.2) is 0 Å². The molecule has 0 unspecified atom stereocenters. The monoisotopic (exact) mass is 219 g/mol. The number of hydroxylamine groups is 2. The molecule has 1 aliphatic rings. The van der Waals surface area contributed by atoms with Gasteiger partial charge in [-0.25, -0.2) is 0 Å². The van der Waals surface area contributed by atoms with Crippen LogP contribution in [0.1, 0.15) is 14.3 Å². The van der Waals surface area contributed by atoms with E-state index in [2.05, 4.69) is 4.28 Å². The van der Waals surface area contributed by atoms with Crippen molar-refractivity contribution in [3.63, 3.8) is 0 Å². The normalized spacial score (nSPS) is 17.5. The first kappa shape index (κ1) is 13.0. The van der Waals surface area contributed by atoms with Crippen molar-refractivity contribution in [1.29, 1.82) is 0 Å². The molecule has 13 heavy (non-hydrogen) atoms. The fourth-order valence-electron chi connectivity index (χ4n) is 0.733. The molecule has 0 aromatic rings. The van der Waals surface area contributed by atoms with Gasteiger partial charge in [0.05, 0.1) is 0 Å². The van der Waals surface area contributed by atoms with Gasteiger partial charge in [0.1, 0.15) is 0 Å². The van der Waals surface area contributed by atoms with Crippen molar-refractivity contribution in [2.24, 2.45) is 0 Å². The smallest absolute Gasteiger partial charge is 1.00 e. The quantitative estimate of drug-likeness (QED) is 0.288. The molecule has 2 amide bonds. The van der Waals surface area contributed by atoms with Crippen LogP contribution in [0.15, 0.2) is 0 Å². The minimum absolute atomic E-state index is 0. The van der Waals surface area contributed by atoms with Crippen LogP contribution in [0.2, 0.25) is 0 Å². The second kappa shape index (κ2) is 4.49. The Hall–Kier alpha value is 0.01000. The van der Waals surface area contributed by atoms with Crippen molar-refractivity contribution in [2.45, 2.75) is 12.8 Å². The maximum absolute atomic E-state index is 10.7. The Balaban J connectivity index is 0. The summed E-state index contributed by atoms with van der Waals surface area (Å²) < 4.78 is 31.9. The van der Waals surface area contributed by atoms with Crippen LogP contribution in [0.25, 0.3) is 0 Å². The topological polar surface area (TPSA) is 101 Å². The standard InChI is InChI=1S/C4H5NO6S.Na.H/c6-3-1-2-4(7)5(3)11-12(8,9)10;;/h1-2H2,(H,8,9,10);;/q;+1;-1. The van der Waals surface area contributed by atoms with Gasteiger partial charge < -0.3 is 1.43 Å². The van der Waals surface area contributed by atoms with Crippen molar-refractivity contribution in [3.8, 4) is 0 Å². The fourth-order valence-corrected chi connectivity index (χ4v) is 1.09. The van der Waals surface area contributed by atoms with Gasteiger partial charge in [-0.1, -0.05) is 0 Å². The number of nitrogens with zero attached hydrogens (tertiary/aromatic N) is 1. The Morgan fingerprint density at radius 1 is 1.31 bits per heavy atom. The third kappa shape index (κ3) is 3.71. The first-order valence-electron chi connectivity index (χ1n) is 2.93. The van der Waals surface area contributed by atoms with Crippen LogP contribution in [0.4, 0.5) is 0 Å². The molecule has 0 spiro atoms. The molecule has 70 valence electrons. The summed E-state index contributed by atoms with van der Waals surface area (Å²) in [4.78, 5) is 21.3. The van der Waals surface area contributed by atoms with E-state index in [4.69, 9.17) is 4.55 Å². The first-order valence-corrected chi connectivity index (χ1v) is 4.29. The van der Waals surface area contributed by atoms with Crippen LogP contribution < -0.4 is 29.6 Å². The summed E-state index contributed by atoms with van der Waals surface area (Å²) in [6.07, 6.45) is -0.206. The van der Waals surface area contributed by atoms with E-state index in [1.165, 1.54) is 0 Å². The van der Waals surface area contributed by atoms with E-state index < -0.39 is 22.2 Å². The van der Waals surface area contributed by atoms with Gasteiger partial charge in [0.25, 0.3) is 11.8 Å². The number of carbonyl (C=O) groups is 2. The zero-order valence-corrected chi connectivity index (χ0v) is 9.57. The van der Waals surface area contributed by atoms with E-state index in [-0.39, 0.29) is 48.9 Å². The average Bonchev–Trinajstić information content (AvgIpc) is 2.16. The Morgan fingerprint density at radius 2 is 1.69 bits per heavy atom. The van der Waals surface area contributed by atoms with Crippen LogP contribution in [0, 0.1) is 0 Å². The van der Waals surface area contributed by atoms with Gasteiger partial charge in [-0.05, 0) is 0 Å². The van der Waals surface area contributed by atoms with E-state index in [9.17, 15) is 18.0 Å². The zero-order valence-electron chi connectivity index (χ0n) is 7.76. The van der Waals surface area contributed by atoms with Crippen LogP contribution >= 0.6 is 0 Å². The molecule has 1 N–H and O–H groups in total. The molecule has 1 heterocycles. The molecular formula is C4H6NNaO6S. The van der Waals surface area contributed by atoms with Crippen LogP contribution in [-0.4, -0.2) is 29.8 Å². The van der Waals surface area contributed by atoms with E-state index in [1.807, 2.05) is 0 Å². The largest absolute Gasteiger partial charge is 1.00 e. The SMILES string of the molecule is O=C1CCC(=O)N1OS(=O)(=O)O.[H-].[Na+]. The molecule has 1 fully saturated rings.